The summed E-state index contributed by atoms with van der Waals surface area (Å²) in [6, 6.07) is 11.4. The molecule has 19 heavy (non-hydrogen) atoms. The van der Waals surface area contributed by atoms with Gasteiger partial charge in [-0.25, -0.2) is 4.98 Å². The average Bonchev–Trinajstić information content (AvgIpc) is 2.39. The van der Waals surface area contributed by atoms with Crippen molar-refractivity contribution in [1.82, 2.24) is 4.98 Å². The molecule has 0 spiro atoms. The van der Waals surface area contributed by atoms with E-state index in [9.17, 15) is 10.1 Å². The predicted octanol–water partition coefficient (Wildman–Crippen LogP) is 2.95. The summed E-state index contributed by atoms with van der Waals surface area (Å²) in [5.74, 6) is 0.651. The summed E-state index contributed by atoms with van der Waals surface area (Å²) < 4.78 is 0. The van der Waals surface area contributed by atoms with Gasteiger partial charge in [-0.3, -0.25) is 10.1 Å². The Morgan fingerprint density at radius 3 is 2.79 bits per heavy atom. The topological polar surface area (TPSA) is 68.1 Å². The summed E-state index contributed by atoms with van der Waals surface area (Å²) in [7, 11) is 0. The van der Waals surface area contributed by atoms with Crippen LogP contribution in [0.4, 0.5) is 11.5 Å². The van der Waals surface area contributed by atoms with Crippen LogP contribution < -0.4 is 5.32 Å². The first-order chi connectivity index (χ1) is 9.15. The summed E-state index contributed by atoms with van der Waals surface area (Å²) in [5, 5.41) is 13.6. The van der Waals surface area contributed by atoms with Gasteiger partial charge in [0.15, 0.2) is 0 Å². The van der Waals surface area contributed by atoms with Crippen LogP contribution in [0.1, 0.15) is 11.1 Å². The van der Waals surface area contributed by atoms with Crippen molar-refractivity contribution in [2.75, 3.05) is 11.9 Å². The van der Waals surface area contributed by atoms with E-state index in [2.05, 4.69) is 35.4 Å². The van der Waals surface area contributed by atoms with Crippen molar-refractivity contribution in [3.05, 3.63) is 63.8 Å². The first-order valence-corrected chi connectivity index (χ1v) is 6.05. The monoisotopic (exact) mass is 257 g/mol. The summed E-state index contributed by atoms with van der Waals surface area (Å²) >= 11 is 0. The zero-order chi connectivity index (χ0) is 13.7. The molecule has 2 aromatic rings. The van der Waals surface area contributed by atoms with Crippen LogP contribution >= 0.6 is 0 Å². The number of nitro groups is 1. The highest BCUT2D eigenvalue weighted by atomic mass is 16.6. The molecule has 0 aliphatic heterocycles. The Balaban J connectivity index is 1.87. The number of benzene rings is 1. The van der Waals surface area contributed by atoms with E-state index in [-0.39, 0.29) is 5.69 Å². The molecule has 0 saturated carbocycles. The van der Waals surface area contributed by atoms with Gasteiger partial charge < -0.3 is 5.32 Å². The molecule has 5 nitrogen and oxygen atoms in total. The van der Waals surface area contributed by atoms with Crippen molar-refractivity contribution in [2.24, 2.45) is 0 Å². The first-order valence-electron chi connectivity index (χ1n) is 6.05. The molecule has 1 aromatic heterocycles. The smallest absolute Gasteiger partial charge is 0.287 e. The summed E-state index contributed by atoms with van der Waals surface area (Å²) in [6.45, 7) is 2.81. The van der Waals surface area contributed by atoms with Crippen molar-refractivity contribution in [3.8, 4) is 0 Å². The van der Waals surface area contributed by atoms with Crippen molar-refractivity contribution in [1.29, 1.82) is 0 Å². The molecular weight excluding hydrogens is 242 g/mol. The maximum Gasteiger partial charge on any atom is 0.287 e. The van der Waals surface area contributed by atoms with E-state index in [1.807, 2.05) is 6.07 Å². The maximum absolute atomic E-state index is 10.5. The third-order valence-corrected chi connectivity index (χ3v) is 2.76. The lowest BCUT2D eigenvalue weighted by Crippen LogP contribution is -2.06. The minimum absolute atomic E-state index is 0.00392. The standard InChI is InChI=1S/C14H15N3O2/c1-11-3-2-4-12(9-11)7-8-15-14-6-5-13(10-16-14)17(18)19/h2-6,9-10H,7-8H2,1H3,(H,15,16). The Morgan fingerprint density at radius 1 is 1.32 bits per heavy atom. The number of hydrogen-bond donors (Lipinski definition) is 1. The van der Waals surface area contributed by atoms with E-state index >= 15 is 0 Å². The number of nitrogens with zero attached hydrogens (tertiary/aromatic N) is 2. The van der Waals surface area contributed by atoms with E-state index in [0.29, 0.717) is 5.82 Å². The maximum atomic E-state index is 10.5. The third-order valence-electron chi connectivity index (χ3n) is 2.76. The Hall–Kier alpha value is -2.43. The van der Waals surface area contributed by atoms with Gasteiger partial charge in [0, 0.05) is 12.6 Å². The molecule has 0 unspecified atom stereocenters. The lowest BCUT2D eigenvalue weighted by atomic mass is 10.1. The van der Waals surface area contributed by atoms with Crippen LogP contribution in [0.2, 0.25) is 0 Å². The number of rotatable bonds is 5. The van der Waals surface area contributed by atoms with Crippen LogP contribution in [0, 0.1) is 17.0 Å². The highest BCUT2D eigenvalue weighted by Gasteiger charge is 2.04. The molecule has 1 N–H and O–H groups in total. The predicted molar refractivity (Wildman–Crippen MR) is 74.3 cm³/mol. The summed E-state index contributed by atoms with van der Waals surface area (Å²) in [6.07, 6.45) is 2.15. The van der Waals surface area contributed by atoms with Gasteiger partial charge >= 0.3 is 0 Å². The fraction of sp³-hybridized carbons (Fsp3) is 0.214. The normalized spacial score (nSPS) is 10.2. The molecule has 0 aliphatic rings. The second kappa shape index (κ2) is 5.95. The minimum atomic E-state index is -0.455. The van der Waals surface area contributed by atoms with E-state index < -0.39 is 4.92 Å². The first kappa shape index (κ1) is 13.0. The van der Waals surface area contributed by atoms with Crippen molar-refractivity contribution in [2.45, 2.75) is 13.3 Å². The van der Waals surface area contributed by atoms with Crippen molar-refractivity contribution in [3.63, 3.8) is 0 Å². The van der Waals surface area contributed by atoms with Crippen molar-refractivity contribution < 1.29 is 4.92 Å². The van der Waals surface area contributed by atoms with Crippen LogP contribution in [-0.2, 0) is 6.42 Å². The molecule has 2 rings (SSSR count). The number of aromatic nitrogens is 1. The summed E-state index contributed by atoms with van der Waals surface area (Å²) in [4.78, 5) is 14.0. The van der Waals surface area contributed by atoms with E-state index in [0.717, 1.165) is 13.0 Å². The SMILES string of the molecule is Cc1cccc(CCNc2ccc([N+](=O)[O-])cn2)c1. The van der Waals surface area contributed by atoms with Gasteiger partial charge in [-0.2, -0.15) is 0 Å². The third kappa shape index (κ3) is 3.77. The molecule has 0 radical (unpaired) electrons. The van der Waals surface area contributed by atoms with Crippen LogP contribution in [0.15, 0.2) is 42.6 Å². The molecular formula is C14H15N3O2. The van der Waals surface area contributed by atoms with Crippen LogP contribution in [0.5, 0.6) is 0 Å². The fourth-order valence-electron chi connectivity index (χ4n) is 1.80. The van der Waals surface area contributed by atoms with Crippen molar-refractivity contribution >= 4 is 11.5 Å². The second-order valence-corrected chi connectivity index (χ2v) is 4.32. The number of pyridine rings is 1. The Kier molecular flexibility index (Phi) is 4.07. The molecule has 98 valence electrons. The molecule has 1 aromatic carbocycles. The number of aryl methyl sites for hydroxylation is 1. The number of anilines is 1. The molecule has 1 heterocycles. The molecule has 0 bridgehead atoms. The molecule has 5 heteroatoms. The molecule has 0 aliphatic carbocycles. The lowest BCUT2D eigenvalue weighted by Gasteiger charge is -2.05. The second-order valence-electron chi connectivity index (χ2n) is 4.32. The minimum Gasteiger partial charge on any atom is -0.370 e. The molecule has 0 amide bonds. The van der Waals surface area contributed by atoms with Crippen LogP contribution in [0.3, 0.4) is 0 Å². The van der Waals surface area contributed by atoms with Gasteiger partial charge in [-0.1, -0.05) is 29.8 Å². The number of hydrogen-bond acceptors (Lipinski definition) is 4. The van der Waals surface area contributed by atoms with Crippen LogP contribution in [0.25, 0.3) is 0 Å². The number of nitrogens with one attached hydrogen (secondary N) is 1. The zero-order valence-electron chi connectivity index (χ0n) is 10.7. The van der Waals surface area contributed by atoms with Gasteiger partial charge in [0.2, 0.25) is 0 Å². The van der Waals surface area contributed by atoms with E-state index in [1.54, 1.807) is 6.07 Å². The Bertz CT molecular complexity index is 567. The van der Waals surface area contributed by atoms with Gasteiger partial charge in [0.05, 0.1) is 4.92 Å². The summed E-state index contributed by atoms with van der Waals surface area (Å²) in [5.41, 5.74) is 2.50. The average molecular weight is 257 g/mol. The van der Waals surface area contributed by atoms with Gasteiger partial charge in [0.25, 0.3) is 5.69 Å². The van der Waals surface area contributed by atoms with E-state index in [4.69, 9.17) is 0 Å². The fourth-order valence-corrected chi connectivity index (χ4v) is 1.80. The van der Waals surface area contributed by atoms with Gasteiger partial charge in [-0.15, -0.1) is 0 Å². The molecule has 0 fully saturated rings. The van der Waals surface area contributed by atoms with Gasteiger partial charge in [0.1, 0.15) is 12.0 Å². The van der Waals surface area contributed by atoms with Gasteiger partial charge in [-0.05, 0) is 25.0 Å². The Morgan fingerprint density at radius 2 is 2.16 bits per heavy atom. The Labute approximate surface area is 111 Å². The quantitative estimate of drug-likeness (QED) is 0.660. The van der Waals surface area contributed by atoms with E-state index in [1.165, 1.54) is 23.4 Å². The highest BCUT2D eigenvalue weighted by molar-refractivity contribution is 5.40. The highest BCUT2D eigenvalue weighted by Crippen LogP contribution is 2.12. The lowest BCUT2D eigenvalue weighted by molar-refractivity contribution is -0.385. The van der Waals surface area contributed by atoms with Crippen LogP contribution in [-0.4, -0.2) is 16.5 Å². The zero-order valence-corrected chi connectivity index (χ0v) is 10.7. The molecule has 0 saturated heterocycles. The largest absolute Gasteiger partial charge is 0.370 e. The molecule has 0 atom stereocenters.